The highest BCUT2D eigenvalue weighted by Crippen LogP contribution is 2.17. The summed E-state index contributed by atoms with van der Waals surface area (Å²) in [5.41, 5.74) is 2.35. The van der Waals surface area contributed by atoms with Crippen LogP contribution >= 0.6 is 11.6 Å². The number of carbonyl (C=O) groups is 2. The first-order valence-corrected chi connectivity index (χ1v) is 9.20. The van der Waals surface area contributed by atoms with Gasteiger partial charge in [-0.1, -0.05) is 17.7 Å². The molecule has 2 aromatic rings. The maximum atomic E-state index is 12.7. The molecule has 1 N–H and O–H groups in total. The smallest absolute Gasteiger partial charge is 0.321 e. The van der Waals surface area contributed by atoms with Gasteiger partial charge >= 0.3 is 6.03 Å². The molecule has 7 heteroatoms. The number of urea groups is 1. The van der Waals surface area contributed by atoms with Crippen molar-refractivity contribution in [2.75, 3.05) is 50.5 Å². The standard InChI is InChI=1S/C20H23ClN4O2/c1-23(2)18-5-3-4-15(14-18)19(26)24-10-12-25(13-11-24)20(27)22-17-8-6-16(21)7-9-17/h3-9,14H,10-13H2,1-2H3,(H,22,27). The van der Waals surface area contributed by atoms with Crippen LogP contribution in [0.25, 0.3) is 0 Å². The Hall–Kier alpha value is -2.73. The average molecular weight is 387 g/mol. The van der Waals surface area contributed by atoms with E-state index >= 15 is 0 Å². The summed E-state index contributed by atoms with van der Waals surface area (Å²) in [5.74, 6) is -0.00328. The molecule has 1 aliphatic heterocycles. The van der Waals surface area contributed by atoms with Crippen LogP contribution < -0.4 is 10.2 Å². The van der Waals surface area contributed by atoms with E-state index in [1.165, 1.54) is 0 Å². The zero-order valence-electron chi connectivity index (χ0n) is 15.5. The van der Waals surface area contributed by atoms with Crippen molar-refractivity contribution in [2.24, 2.45) is 0 Å². The maximum absolute atomic E-state index is 12.7. The number of benzene rings is 2. The van der Waals surface area contributed by atoms with Crippen LogP contribution in [0.2, 0.25) is 5.02 Å². The Morgan fingerprint density at radius 1 is 0.963 bits per heavy atom. The lowest BCUT2D eigenvalue weighted by atomic mass is 10.1. The van der Waals surface area contributed by atoms with Gasteiger partial charge in [0, 0.05) is 62.2 Å². The fourth-order valence-electron chi connectivity index (χ4n) is 2.95. The fourth-order valence-corrected chi connectivity index (χ4v) is 3.07. The van der Waals surface area contributed by atoms with Crippen molar-refractivity contribution in [2.45, 2.75) is 0 Å². The molecule has 1 heterocycles. The molecule has 3 rings (SSSR count). The highest BCUT2D eigenvalue weighted by atomic mass is 35.5. The summed E-state index contributed by atoms with van der Waals surface area (Å²) in [7, 11) is 3.89. The molecule has 0 aliphatic carbocycles. The first-order chi connectivity index (χ1) is 12.9. The summed E-state index contributed by atoms with van der Waals surface area (Å²) >= 11 is 5.86. The van der Waals surface area contributed by atoms with Crippen molar-refractivity contribution in [1.82, 2.24) is 9.80 Å². The van der Waals surface area contributed by atoms with Gasteiger partial charge in [-0.15, -0.1) is 0 Å². The van der Waals surface area contributed by atoms with Gasteiger partial charge in [0.1, 0.15) is 0 Å². The molecule has 0 unspecified atom stereocenters. The van der Waals surface area contributed by atoms with Gasteiger partial charge in [0.15, 0.2) is 0 Å². The molecule has 6 nitrogen and oxygen atoms in total. The lowest BCUT2D eigenvalue weighted by molar-refractivity contribution is 0.0672. The van der Waals surface area contributed by atoms with Crippen LogP contribution in [0.15, 0.2) is 48.5 Å². The summed E-state index contributed by atoms with van der Waals surface area (Å²) < 4.78 is 0. The van der Waals surface area contributed by atoms with E-state index in [9.17, 15) is 9.59 Å². The minimum absolute atomic E-state index is 0.00328. The average Bonchev–Trinajstić information content (AvgIpc) is 2.69. The van der Waals surface area contributed by atoms with Crippen molar-refractivity contribution in [1.29, 1.82) is 0 Å². The van der Waals surface area contributed by atoms with Gasteiger partial charge in [0.05, 0.1) is 0 Å². The quantitative estimate of drug-likeness (QED) is 0.879. The van der Waals surface area contributed by atoms with E-state index in [1.807, 2.05) is 43.3 Å². The normalized spacial score (nSPS) is 14.0. The molecule has 27 heavy (non-hydrogen) atoms. The van der Waals surface area contributed by atoms with E-state index in [2.05, 4.69) is 5.32 Å². The first-order valence-electron chi connectivity index (χ1n) is 8.82. The van der Waals surface area contributed by atoms with Gasteiger partial charge in [-0.25, -0.2) is 4.79 Å². The van der Waals surface area contributed by atoms with Crippen molar-refractivity contribution < 1.29 is 9.59 Å². The van der Waals surface area contributed by atoms with Crippen molar-refractivity contribution in [3.8, 4) is 0 Å². The lowest BCUT2D eigenvalue weighted by Crippen LogP contribution is -2.51. The topological polar surface area (TPSA) is 55.9 Å². The SMILES string of the molecule is CN(C)c1cccc(C(=O)N2CCN(C(=O)Nc3ccc(Cl)cc3)CC2)c1. The Morgan fingerprint density at radius 2 is 1.59 bits per heavy atom. The first kappa shape index (κ1) is 19.0. The van der Waals surface area contributed by atoms with E-state index in [-0.39, 0.29) is 11.9 Å². The molecule has 0 spiro atoms. The Labute approximate surface area is 164 Å². The molecular formula is C20H23ClN4O2. The minimum Gasteiger partial charge on any atom is -0.378 e. The van der Waals surface area contributed by atoms with Crippen LogP contribution in [0.4, 0.5) is 16.2 Å². The Morgan fingerprint density at radius 3 is 2.22 bits per heavy atom. The van der Waals surface area contributed by atoms with Crippen LogP contribution in [0.5, 0.6) is 0 Å². The molecule has 2 aromatic carbocycles. The third-order valence-corrected chi connectivity index (χ3v) is 4.81. The maximum Gasteiger partial charge on any atom is 0.321 e. The highest BCUT2D eigenvalue weighted by molar-refractivity contribution is 6.30. The summed E-state index contributed by atoms with van der Waals surface area (Å²) in [6.45, 7) is 2.02. The van der Waals surface area contributed by atoms with Gasteiger partial charge in [-0.3, -0.25) is 4.79 Å². The Bertz CT molecular complexity index is 815. The monoisotopic (exact) mass is 386 g/mol. The minimum atomic E-state index is -0.168. The number of rotatable bonds is 3. The molecule has 0 bridgehead atoms. The second kappa shape index (κ2) is 8.31. The third-order valence-electron chi connectivity index (χ3n) is 4.56. The van der Waals surface area contributed by atoms with E-state index < -0.39 is 0 Å². The number of hydrogen-bond acceptors (Lipinski definition) is 3. The van der Waals surface area contributed by atoms with Crippen LogP contribution in [0, 0.1) is 0 Å². The Balaban J connectivity index is 1.56. The van der Waals surface area contributed by atoms with Gasteiger partial charge < -0.3 is 20.0 Å². The molecule has 1 fully saturated rings. The van der Waals surface area contributed by atoms with E-state index in [4.69, 9.17) is 11.6 Å². The number of nitrogens with zero attached hydrogens (tertiary/aromatic N) is 3. The zero-order chi connectivity index (χ0) is 19.4. The number of carbonyl (C=O) groups excluding carboxylic acids is 2. The van der Waals surface area contributed by atoms with Crippen LogP contribution in [0.1, 0.15) is 10.4 Å². The second-order valence-electron chi connectivity index (χ2n) is 6.66. The largest absolute Gasteiger partial charge is 0.378 e. The molecule has 0 atom stereocenters. The van der Waals surface area contributed by atoms with Crippen molar-refractivity contribution in [3.63, 3.8) is 0 Å². The predicted octanol–water partition coefficient (Wildman–Crippen LogP) is 3.40. The van der Waals surface area contributed by atoms with Crippen molar-refractivity contribution in [3.05, 3.63) is 59.1 Å². The third kappa shape index (κ3) is 4.71. The molecule has 142 valence electrons. The number of nitrogens with one attached hydrogen (secondary N) is 1. The van der Waals surface area contributed by atoms with Crippen LogP contribution in [0.3, 0.4) is 0 Å². The van der Waals surface area contributed by atoms with Gasteiger partial charge in [0.25, 0.3) is 5.91 Å². The van der Waals surface area contributed by atoms with Crippen LogP contribution in [-0.4, -0.2) is 62.0 Å². The summed E-state index contributed by atoms with van der Waals surface area (Å²) in [4.78, 5) is 30.6. The zero-order valence-corrected chi connectivity index (χ0v) is 16.2. The lowest BCUT2D eigenvalue weighted by Gasteiger charge is -2.34. The molecule has 3 amide bonds. The molecule has 0 aromatic heterocycles. The van der Waals surface area contributed by atoms with E-state index in [1.54, 1.807) is 34.1 Å². The van der Waals surface area contributed by atoms with E-state index in [0.29, 0.717) is 42.5 Å². The van der Waals surface area contributed by atoms with Crippen LogP contribution in [-0.2, 0) is 0 Å². The fraction of sp³-hybridized carbons (Fsp3) is 0.300. The number of amides is 3. The van der Waals surface area contributed by atoms with Gasteiger partial charge in [-0.2, -0.15) is 0 Å². The molecule has 0 saturated carbocycles. The van der Waals surface area contributed by atoms with Gasteiger partial charge in [0.2, 0.25) is 0 Å². The molecule has 1 aliphatic rings. The summed E-state index contributed by atoms with van der Waals surface area (Å²) in [6, 6.07) is 14.4. The molecule has 1 saturated heterocycles. The van der Waals surface area contributed by atoms with Gasteiger partial charge in [-0.05, 0) is 42.5 Å². The molecular weight excluding hydrogens is 364 g/mol. The predicted molar refractivity (Wildman–Crippen MR) is 109 cm³/mol. The number of piperazine rings is 1. The highest BCUT2D eigenvalue weighted by Gasteiger charge is 2.25. The number of halogens is 1. The summed E-state index contributed by atoms with van der Waals surface area (Å²) in [5, 5.41) is 3.48. The number of anilines is 2. The van der Waals surface area contributed by atoms with E-state index in [0.717, 1.165) is 5.69 Å². The number of hydrogen-bond donors (Lipinski definition) is 1. The summed E-state index contributed by atoms with van der Waals surface area (Å²) in [6.07, 6.45) is 0. The second-order valence-corrected chi connectivity index (χ2v) is 7.10. The van der Waals surface area contributed by atoms with Crippen molar-refractivity contribution >= 4 is 34.9 Å². The molecule has 0 radical (unpaired) electrons. The Kier molecular flexibility index (Phi) is 5.86.